The molecule has 21 heavy (non-hydrogen) atoms. The predicted octanol–water partition coefficient (Wildman–Crippen LogP) is 3.34. The fourth-order valence-electron chi connectivity index (χ4n) is 2.58. The second kappa shape index (κ2) is 6.79. The van der Waals surface area contributed by atoms with E-state index >= 15 is 0 Å². The van der Waals surface area contributed by atoms with E-state index in [1.807, 2.05) is 24.4 Å². The summed E-state index contributed by atoms with van der Waals surface area (Å²) in [5.41, 5.74) is 2.23. The van der Waals surface area contributed by atoms with Crippen LogP contribution in [0.3, 0.4) is 0 Å². The van der Waals surface area contributed by atoms with Gasteiger partial charge in [-0.05, 0) is 18.4 Å². The van der Waals surface area contributed by atoms with Crippen molar-refractivity contribution < 1.29 is 4.74 Å². The smallest absolute Gasteiger partial charge is 0.169 e. The highest BCUT2D eigenvalue weighted by Crippen LogP contribution is 2.28. The van der Waals surface area contributed by atoms with Crippen molar-refractivity contribution in [1.82, 2.24) is 9.55 Å². The Balaban J connectivity index is 1.91. The molecule has 4 nitrogen and oxygen atoms in total. The zero-order valence-corrected chi connectivity index (χ0v) is 12.6. The topological polar surface area (TPSA) is 50.8 Å². The Morgan fingerprint density at radius 3 is 2.95 bits per heavy atom. The highest BCUT2D eigenvalue weighted by Gasteiger charge is 2.20. The standard InChI is InChI=1S/C16H17N3OS/c17-8-10-21-16-18-11-15(13-5-2-1-3-6-13)19(16)12-14-7-4-9-20-14/h1-3,5-6,11,14H,4,7,9-10,12H2/t14-/m1/s1. The van der Waals surface area contributed by atoms with Gasteiger partial charge >= 0.3 is 0 Å². The molecule has 0 unspecified atom stereocenters. The number of nitrogens with zero attached hydrogens (tertiary/aromatic N) is 3. The lowest BCUT2D eigenvalue weighted by Gasteiger charge is -2.15. The summed E-state index contributed by atoms with van der Waals surface area (Å²) >= 11 is 1.48. The third kappa shape index (κ3) is 3.29. The first kappa shape index (κ1) is 14.2. The molecule has 0 bridgehead atoms. The van der Waals surface area contributed by atoms with Crippen LogP contribution in [0.2, 0.25) is 0 Å². The van der Waals surface area contributed by atoms with Crippen LogP contribution >= 0.6 is 11.8 Å². The molecule has 2 heterocycles. The van der Waals surface area contributed by atoms with Crippen LogP contribution in [-0.4, -0.2) is 28.0 Å². The number of hydrogen-bond donors (Lipinski definition) is 0. The molecule has 0 aliphatic carbocycles. The minimum atomic E-state index is 0.253. The molecule has 5 heteroatoms. The van der Waals surface area contributed by atoms with Crippen molar-refractivity contribution >= 4 is 11.8 Å². The van der Waals surface area contributed by atoms with E-state index in [1.54, 1.807) is 0 Å². The summed E-state index contributed by atoms with van der Waals surface area (Å²) in [7, 11) is 0. The van der Waals surface area contributed by atoms with Gasteiger partial charge in [-0.1, -0.05) is 42.1 Å². The van der Waals surface area contributed by atoms with Crippen LogP contribution in [0.25, 0.3) is 11.3 Å². The van der Waals surface area contributed by atoms with Gasteiger partial charge in [0.2, 0.25) is 0 Å². The van der Waals surface area contributed by atoms with Crippen LogP contribution in [0.15, 0.2) is 41.7 Å². The van der Waals surface area contributed by atoms with Gasteiger partial charge in [0.25, 0.3) is 0 Å². The van der Waals surface area contributed by atoms with E-state index in [0.29, 0.717) is 5.75 Å². The van der Waals surface area contributed by atoms with Gasteiger partial charge < -0.3 is 9.30 Å². The van der Waals surface area contributed by atoms with E-state index in [9.17, 15) is 0 Å². The number of benzene rings is 1. The zero-order valence-electron chi connectivity index (χ0n) is 11.7. The Morgan fingerprint density at radius 1 is 1.38 bits per heavy atom. The van der Waals surface area contributed by atoms with Gasteiger partial charge in [-0.2, -0.15) is 5.26 Å². The van der Waals surface area contributed by atoms with Gasteiger partial charge in [0.05, 0.1) is 36.4 Å². The molecule has 1 saturated heterocycles. The summed E-state index contributed by atoms with van der Waals surface area (Å²) < 4.78 is 7.94. The highest BCUT2D eigenvalue weighted by atomic mass is 32.2. The number of ether oxygens (including phenoxy) is 1. The molecule has 1 atom stereocenters. The lowest BCUT2D eigenvalue weighted by molar-refractivity contribution is 0.0954. The molecule has 108 valence electrons. The maximum Gasteiger partial charge on any atom is 0.169 e. The van der Waals surface area contributed by atoms with Crippen molar-refractivity contribution in [1.29, 1.82) is 5.26 Å². The summed E-state index contributed by atoms with van der Waals surface area (Å²) in [4.78, 5) is 4.49. The lowest BCUT2D eigenvalue weighted by atomic mass is 10.1. The second-order valence-electron chi connectivity index (χ2n) is 4.98. The highest BCUT2D eigenvalue weighted by molar-refractivity contribution is 7.99. The average molecular weight is 299 g/mol. The maximum absolute atomic E-state index is 8.79. The molecule has 1 fully saturated rings. The Morgan fingerprint density at radius 2 is 2.24 bits per heavy atom. The molecular weight excluding hydrogens is 282 g/mol. The molecule has 1 aliphatic heterocycles. The van der Waals surface area contributed by atoms with Crippen molar-refractivity contribution in [2.75, 3.05) is 12.4 Å². The Hall–Kier alpha value is -1.77. The molecule has 1 aromatic heterocycles. The van der Waals surface area contributed by atoms with Gasteiger partial charge in [0, 0.05) is 6.61 Å². The molecule has 0 N–H and O–H groups in total. The summed E-state index contributed by atoms with van der Waals surface area (Å²) in [6.45, 7) is 1.65. The number of nitriles is 1. The first-order valence-electron chi connectivity index (χ1n) is 7.11. The third-order valence-electron chi connectivity index (χ3n) is 3.56. The third-order valence-corrected chi connectivity index (χ3v) is 4.42. The van der Waals surface area contributed by atoms with Crippen LogP contribution in [0.4, 0.5) is 0 Å². The number of aromatic nitrogens is 2. The van der Waals surface area contributed by atoms with Crippen molar-refractivity contribution in [3.63, 3.8) is 0 Å². The molecule has 0 spiro atoms. The maximum atomic E-state index is 8.79. The monoisotopic (exact) mass is 299 g/mol. The van der Waals surface area contributed by atoms with Crippen LogP contribution in [0.5, 0.6) is 0 Å². The van der Waals surface area contributed by atoms with E-state index in [0.717, 1.165) is 42.4 Å². The fourth-order valence-corrected chi connectivity index (χ4v) is 3.23. The van der Waals surface area contributed by atoms with Crippen LogP contribution < -0.4 is 0 Å². The molecule has 3 rings (SSSR count). The van der Waals surface area contributed by atoms with Crippen molar-refractivity contribution in [3.8, 4) is 17.3 Å². The number of imidazole rings is 1. The molecular formula is C16H17N3OS. The van der Waals surface area contributed by atoms with Crippen molar-refractivity contribution in [3.05, 3.63) is 36.5 Å². The summed E-state index contributed by atoms with van der Waals surface area (Å²) in [6.07, 6.45) is 4.36. The first-order chi connectivity index (χ1) is 10.4. The zero-order chi connectivity index (χ0) is 14.5. The van der Waals surface area contributed by atoms with E-state index < -0.39 is 0 Å². The van der Waals surface area contributed by atoms with E-state index in [1.165, 1.54) is 11.8 Å². The largest absolute Gasteiger partial charge is 0.376 e. The minimum Gasteiger partial charge on any atom is -0.376 e. The number of hydrogen-bond acceptors (Lipinski definition) is 4. The minimum absolute atomic E-state index is 0.253. The van der Waals surface area contributed by atoms with Crippen molar-refractivity contribution in [2.24, 2.45) is 0 Å². The van der Waals surface area contributed by atoms with Crippen molar-refractivity contribution in [2.45, 2.75) is 30.6 Å². The second-order valence-corrected chi connectivity index (χ2v) is 5.93. The quantitative estimate of drug-likeness (QED) is 0.795. The molecule has 0 amide bonds. The molecule has 2 aromatic rings. The Kier molecular flexibility index (Phi) is 4.59. The average Bonchev–Trinajstić information content (AvgIpc) is 3.17. The van der Waals surface area contributed by atoms with Crippen LogP contribution in [0, 0.1) is 11.3 Å². The van der Waals surface area contributed by atoms with Gasteiger partial charge in [0.1, 0.15) is 0 Å². The SMILES string of the molecule is N#CCSc1ncc(-c2ccccc2)n1C[C@H]1CCCO1. The van der Waals surface area contributed by atoms with Crippen LogP contribution in [-0.2, 0) is 11.3 Å². The van der Waals surface area contributed by atoms with Gasteiger partial charge in [-0.15, -0.1) is 0 Å². The molecule has 0 saturated carbocycles. The predicted molar refractivity (Wildman–Crippen MR) is 83.0 cm³/mol. The molecule has 1 aromatic carbocycles. The number of rotatable bonds is 5. The first-order valence-corrected chi connectivity index (χ1v) is 8.09. The molecule has 0 radical (unpaired) electrons. The van der Waals surface area contributed by atoms with E-state index in [2.05, 4.69) is 27.8 Å². The summed E-state index contributed by atoms with van der Waals surface area (Å²) in [6, 6.07) is 12.4. The van der Waals surface area contributed by atoms with Gasteiger partial charge in [0.15, 0.2) is 5.16 Å². The summed E-state index contributed by atoms with van der Waals surface area (Å²) in [5, 5.41) is 9.69. The van der Waals surface area contributed by atoms with Gasteiger partial charge in [-0.3, -0.25) is 0 Å². The van der Waals surface area contributed by atoms with E-state index in [4.69, 9.17) is 10.00 Å². The lowest BCUT2D eigenvalue weighted by Crippen LogP contribution is -2.16. The normalized spacial score (nSPS) is 17.8. The van der Waals surface area contributed by atoms with Gasteiger partial charge in [-0.25, -0.2) is 4.98 Å². The Labute approximate surface area is 128 Å². The molecule has 1 aliphatic rings. The van der Waals surface area contributed by atoms with E-state index in [-0.39, 0.29) is 6.10 Å². The Bertz CT molecular complexity index is 627. The van der Waals surface area contributed by atoms with Crippen LogP contribution in [0.1, 0.15) is 12.8 Å². The number of thioether (sulfide) groups is 1. The fraction of sp³-hybridized carbons (Fsp3) is 0.375. The summed E-state index contributed by atoms with van der Waals surface area (Å²) in [5.74, 6) is 0.413.